The van der Waals surface area contributed by atoms with Gasteiger partial charge in [0.05, 0.1) is 20.3 Å². The molecule has 102 valence electrons. The van der Waals surface area contributed by atoms with Crippen LogP contribution in [0, 0.1) is 0 Å². The van der Waals surface area contributed by atoms with Crippen LogP contribution in [0.1, 0.15) is 18.9 Å². The first-order chi connectivity index (χ1) is 8.72. The van der Waals surface area contributed by atoms with Crippen molar-refractivity contribution in [3.05, 3.63) is 22.7 Å². The van der Waals surface area contributed by atoms with E-state index in [-0.39, 0.29) is 6.61 Å². The second-order valence-electron chi connectivity index (χ2n) is 3.65. The summed E-state index contributed by atoms with van der Waals surface area (Å²) in [7, 11) is 1.54. The molecule has 5 heteroatoms. The number of hydrogen-bond acceptors (Lipinski definition) is 4. The Hall–Kier alpha value is -0.970. The molecular formula is C13H19ClO4. The summed E-state index contributed by atoms with van der Waals surface area (Å²) >= 11 is 5.92. The first-order valence-corrected chi connectivity index (χ1v) is 6.28. The Balaban J connectivity index is 2.67. The molecule has 0 aliphatic carbocycles. The Morgan fingerprint density at radius 2 is 2.06 bits per heavy atom. The van der Waals surface area contributed by atoms with E-state index in [9.17, 15) is 5.11 Å². The van der Waals surface area contributed by atoms with Crippen LogP contribution in [0.4, 0.5) is 0 Å². The van der Waals surface area contributed by atoms with Crippen LogP contribution in [0.15, 0.2) is 12.1 Å². The number of halogens is 1. The molecule has 0 bridgehead atoms. The third kappa shape index (κ3) is 4.37. The summed E-state index contributed by atoms with van der Waals surface area (Å²) in [5.74, 6) is 1.07. The Morgan fingerprint density at radius 3 is 2.67 bits per heavy atom. The molecule has 0 saturated heterocycles. The highest BCUT2D eigenvalue weighted by Gasteiger charge is 2.12. The predicted octanol–water partition coefficient (Wildman–Crippen LogP) is 2.65. The van der Waals surface area contributed by atoms with Crippen molar-refractivity contribution in [1.29, 1.82) is 0 Å². The molecular weight excluding hydrogens is 256 g/mol. The second-order valence-corrected chi connectivity index (χ2v) is 4.09. The molecule has 0 aliphatic rings. The lowest BCUT2D eigenvalue weighted by molar-refractivity contribution is 0.129. The van der Waals surface area contributed by atoms with E-state index >= 15 is 0 Å². The quantitative estimate of drug-likeness (QED) is 0.741. The standard InChI is InChI=1S/C13H19ClO4/c1-3-17-5-4-6-18-13-10(9-15)7-11(14)8-12(13)16-2/h7-8,15H,3-6,9H2,1-2H3. The molecule has 1 rings (SSSR count). The van der Waals surface area contributed by atoms with Crippen molar-refractivity contribution < 1.29 is 19.3 Å². The Morgan fingerprint density at radius 1 is 1.28 bits per heavy atom. The lowest BCUT2D eigenvalue weighted by Crippen LogP contribution is -2.06. The average molecular weight is 275 g/mol. The van der Waals surface area contributed by atoms with Crippen LogP contribution in [0.25, 0.3) is 0 Å². The van der Waals surface area contributed by atoms with Gasteiger partial charge in [-0.25, -0.2) is 0 Å². The maximum absolute atomic E-state index is 9.28. The first kappa shape index (κ1) is 15.1. The highest BCUT2D eigenvalue weighted by Crippen LogP contribution is 2.34. The van der Waals surface area contributed by atoms with Crippen LogP contribution >= 0.6 is 11.6 Å². The number of hydrogen-bond donors (Lipinski definition) is 1. The third-order valence-corrected chi connectivity index (χ3v) is 2.59. The van der Waals surface area contributed by atoms with Crippen molar-refractivity contribution in [2.75, 3.05) is 26.9 Å². The van der Waals surface area contributed by atoms with Gasteiger partial charge < -0.3 is 19.3 Å². The minimum Gasteiger partial charge on any atom is -0.493 e. The van der Waals surface area contributed by atoms with E-state index in [1.807, 2.05) is 6.92 Å². The highest BCUT2D eigenvalue weighted by molar-refractivity contribution is 6.30. The lowest BCUT2D eigenvalue weighted by Gasteiger charge is -2.14. The molecule has 0 fully saturated rings. The third-order valence-electron chi connectivity index (χ3n) is 2.37. The minimum absolute atomic E-state index is 0.141. The molecule has 0 unspecified atom stereocenters. The monoisotopic (exact) mass is 274 g/mol. The fourth-order valence-corrected chi connectivity index (χ4v) is 1.77. The molecule has 0 heterocycles. The van der Waals surface area contributed by atoms with Gasteiger partial charge in [-0.15, -0.1) is 0 Å². The number of aliphatic hydroxyl groups is 1. The van der Waals surface area contributed by atoms with Crippen molar-refractivity contribution >= 4 is 11.6 Å². The lowest BCUT2D eigenvalue weighted by atomic mass is 10.2. The van der Waals surface area contributed by atoms with Gasteiger partial charge in [0.25, 0.3) is 0 Å². The summed E-state index contributed by atoms with van der Waals surface area (Å²) in [6.07, 6.45) is 0.782. The summed E-state index contributed by atoms with van der Waals surface area (Å²) in [5.41, 5.74) is 0.621. The topological polar surface area (TPSA) is 47.9 Å². The number of rotatable bonds is 8. The summed E-state index contributed by atoms with van der Waals surface area (Å²) in [4.78, 5) is 0. The molecule has 4 nitrogen and oxygen atoms in total. The number of methoxy groups -OCH3 is 1. The number of aliphatic hydroxyl groups excluding tert-OH is 1. The summed E-state index contributed by atoms with van der Waals surface area (Å²) in [6, 6.07) is 3.33. The van der Waals surface area contributed by atoms with E-state index in [2.05, 4.69) is 0 Å². The van der Waals surface area contributed by atoms with Crippen LogP contribution < -0.4 is 9.47 Å². The summed E-state index contributed by atoms with van der Waals surface area (Å²) in [5, 5.41) is 9.80. The highest BCUT2D eigenvalue weighted by atomic mass is 35.5. The fourth-order valence-electron chi connectivity index (χ4n) is 1.54. The largest absolute Gasteiger partial charge is 0.493 e. The molecule has 0 aliphatic heterocycles. The van der Waals surface area contributed by atoms with Crippen molar-refractivity contribution in [3.8, 4) is 11.5 Å². The first-order valence-electron chi connectivity index (χ1n) is 5.90. The molecule has 0 saturated carbocycles. The van der Waals surface area contributed by atoms with Gasteiger partial charge in [-0.3, -0.25) is 0 Å². The van der Waals surface area contributed by atoms with E-state index in [1.54, 1.807) is 19.2 Å². The van der Waals surface area contributed by atoms with Gasteiger partial charge in [0.1, 0.15) is 0 Å². The fraction of sp³-hybridized carbons (Fsp3) is 0.538. The van der Waals surface area contributed by atoms with Crippen molar-refractivity contribution in [1.82, 2.24) is 0 Å². The van der Waals surface area contributed by atoms with E-state index in [0.717, 1.165) is 6.42 Å². The SMILES string of the molecule is CCOCCCOc1c(CO)cc(Cl)cc1OC. The van der Waals surface area contributed by atoms with Crippen molar-refractivity contribution in [2.24, 2.45) is 0 Å². The van der Waals surface area contributed by atoms with Gasteiger partial charge >= 0.3 is 0 Å². The zero-order chi connectivity index (χ0) is 13.4. The van der Waals surface area contributed by atoms with Crippen LogP contribution in [-0.4, -0.2) is 32.0 Å². The maximum atomic E-state index is 9.28. The zero-order valence-electron chi connectivity index (χ0n) is 10.7. The van der Waals surface area contributed by atoms with Gasteiger partial charge in [-0.1, -0.05) is 11.6 Å². The van der Waals surface area contributed by atoms with E-state index in [1.165, 1.54) is 0 Å². The zero-order valence-corrected chi connectivity index (χ0v) is 11.5. The normalized spacial score (nSPS) is 10.4. The summed E-state index contributed by atoms with van der Waals surface area (Å²) in [6.45, 7) is 3.67. The second kappa shape index (κ2) is 8.19. The van der Waals surface area contributed by atoms with Gasteiger partial charge in [-0.05, 0) is 13.0 Å². The van der Waals surface area contributed by atoms with Crippen LogP contribution in [0.3, 0.4) is 0 Å². The molecule has 0 spiro atoms. The minimum atomic E-state index is -0.141. The predicted molar refractivity (Wildman–Crippen MR) is 70.5 cm³/mol. The van der Waals surface area contributed by atoms with Crippen LogP contribution in [0.2, 0.25) is 5.02 Å². The molecule has 1 aromatic carbocycles. The van der Waals surface area contributed by atoms with E-state index in [0.29, 0.717) is 41.9 Å². The molecule has 1 aromatic rings. The Bertz CT molecular complexity index is 343. The van der Waals surface area contributed by atoms with E-state index in [4.69, 9.17) is 25.8 Å². The van der Waals surface area contributed by atoms with Gasteiger partial charge in [0, 0.05) is 36.3 Å². The van der Waals surface area contributed by atoms with Gasteiger partial charge in [0.15, 0.2) is 11.5 Å². The van der Waals surface area contributed by atoms with Crippen LogP contribution in [0.5, 0.6) is 11.5 Å². The average Bonchev–Trinajstić information content (AvgIpc) is 2.39. The molecule has 1 N–H and O–H groups in total. The number of ether oxygens (including phenoxy) is 3. The molecule has 0 atom stereocenters. The van der Waals surface area contributed by atoms with Gasteiger partial charge in [-0.2, -0.15) is 0 Å². The smallest absolute Gasteiger partial charge is 0.166 e. The van der Waals surface area contributed by atoms with Crippen LogP contribution in [-0.2, 0) is 11.3 Å². The Labute approximate surface area is 112 Å². The Kier molecular flexibility index (Phi) is 6.86. The van der Waals surface area contributed by atoms with Crippen molar-refractivity contribution in [3.63, 3.8) is 0 Å². The maximum Gasteiger partial charge on any atom is 0.166 e. The summed E-state index contributed by atoms with van der Waals surface area (Å²) < 4.78 is 16.0. The van der Waals surface area contributed by atoms with Crippen molar-refractivity contribution in [2.45, 2.75) is 20.0 Å². The molecule has 18 heavy (non-hydrogen) atoms. The van der Waals surface area contributed by atoms with E-state index < -0.39 is 0 Å². The molecule has 0 radical (unpaired) electrons. The molecule has 0 amide bonds. The van der Waals surface area contributed by atoms with Gasteiger partial charge in [0.2, 0.25) is 0 Å². The molecule has 0 aromatic heterocycles. The number of benzene rings is 1.